The fourth-order valence-electron chi connectivity index (χ4n) is 3.06. The first kappa shape index (κ1) is 20.0. The monoisotopic (exact) mass is 388 g/mol. The van der Waals surface area contributed by atoms with E-state index >= 15 is 0 Å². The number of rotatable bonds is 6. The molecular formula is C19H25FN6O2. The van der Waals surface area contributed by atoms with E-state index in [2.05, 4.69) is 26.5 Å². The van der Waals surface area contributed by atoms with Crippen molar-refractivity contribution in [2.75, 3.05) is 11.9 Å². The van der Waals surface area contributed by atoms with Crippen molar-refractivity contribution in [3.05, 3.63) is 23.9 Å². The number of aromatic nitrogens is 4. The number of halogens is 1. The van der Waals surface area contributed by atoms with Crippen LogP contribution in [0.3, 0.4) is 0 Å². The Morgan fingerprint density at radius 1 is 1.39 bits per heavy atom. The number of aliphatic hydroxyl groups is 1. The third-order valence-electron chi connectivity index (χ3n) is 4.98. The average molecular weight is 388 g/mol. The van der Waals surface area contributed by atoms with Crippen molar-refractivity contribution in [3.8, 4) is 11.9 Å². The molecule has 150 valence electrons. The Bertz CT molecular complexity index is 868. The van der Waals surface area contributed by atoms with Gasteiger partial charge in [0.05, 0.1) is 42.6 Å². The molecule has 0 amide bonds. The van der Waals surface area contributed by atoms with Crippen molar-refractivity contribution in [1.29, 1.82) is 5.26 Å². The Labute approximate surface area is 163 Å². The van der Waals surface area contributed by atoms with Crippen LogP contribution in [0.2, 0.25) is 0 Å². The lowest BCUT2D eigenvalue weighted by atomic mass is 9.88. The quantitative estimate of drug-likeness (QED) is 0.783. The Balaban J connectivity index is 1.69. The molecule has 9 heteroatoms. The molecule has 0 aromatic carbocycles. The second-order valence-corrected chi connectivity index (χ2v) is 7.70. The fraction of sp³-hybridized carbons (Fsp3) is 0.579. The second kappa shape index (κ2) is 8.10. The van der Waals surface area contributed by atoms with E-state index in [9.17, 15) is 14.8 Å². The highest BCUT2D eigenvalue weighted by Gasteiger charge is 2.23. The van der Waals surface area contributed by atoms with E-state index in [1.165, 1.54) is 0 Å². The maximum absolute atomic E-state index is 14.0. The summed E-state index contributed by atoms with van der Waals surface area (Å²) in [7, 11) is 0. The number of nitrogens with one attached hydrogen (secondary N) is 1. The van der Waals surface area contributed by atoms with Gasteiger partial charge in [-0.3, -0.25) is 4.68 Å². The Morgan fingerprint density at radius 3 is 2.79 bits per heavy atom. The molecule has 2 heterocycles. The standard InChI is InChI=1S/C19H25FN6O2/c1-12-16(9-26(25-12)19(2,3)11-21)23-18-22-8-15(20)17(24-18)28-10-13-4-6-14(27)7-5-13/h8-9,13-14,27H,4-7,10H2,1-3H3,(H,22,23,24)/t13-,14-. The zero-order valence-electron chi connectivity index (χ0n) is 16.3. The maximum atomic E-state index is 14.0. The minimum atomic E-state index is -0.795. The smallest absolute Gasteiger partial charge is 0.255 e. The number of hydrogen-bond acceptors (Lipinski definition) is 7. The first-order valence-electron chi connectivity index (χ1n) is 9.37. The minimum Gasteiger partial charge on any atom is -0.475 e. The molecule has 0 aliphatic heterocycles. The highest BCUT2D eigenvalue weighted by Crippen LogP contribution is 2.26. The molecule has 28 heavy (non-hydrogen) atoms. The van der Waals surface area contributed by atoms with Gasteiger partial charge in [0.25, 0.3) is 5.88 Å². The van der Waals surface area contributed by atoms with E-state index in [1.54, 1.807) is 31.6 Å². The highest BCUT2D eigenvalue weighted by molar-refractivity contribution is 5.55. The van der Waals surface area contributed by atoms with Gasteiger partial charge in [-0.05, 0) is 52.4 Å². The molecule has 1 fully saturated rings. The van der Waals surface area contributed by atoms with Gasteiger partial charge in [-0.2, -0.15) is 19.7 Å². The Morgan fingerprint density at radius 2 is 2.11 bits per heavy atom. The van der Waals surface area contributed by atoms with Gasteiger partial charge in [-0.1, -0.05) is 0 Å². The molecule has 8 nitrogen and oxygen atoms in total. The lowest BCUT2D eigenvalue weighted by Gasteiger charge is -2.25. The average Bonchev–Trinajstić information content (AvgIpc) is 3.05. The summed E-state index contributed by atoms with van der Waals surface area (Å²) in [6.45, 7) is 5.67. The summed E-state index contributed by atoms with van der Waals surface area (Å²) >= 11 is 0. The van der Waals surface area contributed by atoms with E-state index in [1.807, 2.05) is 0 Å². The van der Waals surface area contributed by atoms with Gasteiger partial charge < -0.3 is 15.2 Å². The van der Waals surface area contributed by atoms with Crippen LogP contribution in [0, 0.1) is 30.0 Å². The molecule has 0 spiro atoms. The number of aliphatic hydroxyl groups excluding tert-OH is 1. The van der Waals surface area contributed by atoms with Crippen molar-refractivity contribution in [2.24, 2.45) is 5.92 Å². The summed E-state index contributed by atoms with van der Waals surface area (Å²) in [6.07, 6.45) is 5.72. The van der Waals surface area contributed by atoms with E-state index < -0.39 is 11.4 Å². The number of hydrogen-bond donors (Lipinski definition) is 2. The lowest BCUT2D eigenvalue weighted by molar-refractivity contribution is 0.0899. The molecule has 2 aromatic rings. The summed E-state index contributed by atoms with van der Waals surface area (Å²) < 4.78 is 21.2. The number of ether oxygens (including phenoxy) is 1. The van der Waals surface area contributed by atoms with E-state index in [0.29, 0.717) is 18.0 Å². The molecular weight excluding hydrogens is 363 g/mol. The van der Waals surface area contributed by atoms with Gasteiger partial charge in [-0.15, -0.1) is 0 Å². The summed E-state index contributed by atoms with van der Waals surface area (Å²) in [5.74, 6) is -0.263. The molecule has 1 aliphatic carbocycles. The summed E-state index contributed by atoms with van der Waals surface area (Å²) in [5.41, 5.74) is 0.498. The van der Waals surface area contributed by atoms with Crippen molar-refractivity contribution in [2.45, 2.75) is 58.1 Å². The maximum Gasteiger partial charge on any atom is 0.255 e. The van der Waals surface area contributed by atoms with Crippen LogP contribution >= 0.6 is 0 Å². The first-order valence-corrected chi connectivity index (χ1v) is 9.37. The van der Waals surface area contributed by atoms with Gasteiger partial charge in [0.2, 0.25) is 11.8 Å². The van der Waals surface area contributed by atoms with E-state index in [0.717, 1.165) is 31.9 Å². The van der Waals surface area contributed by atoms with Crippen LogP contribution < -0.4 is 10.1 Å². The largest absolute Gasteiger partial charge is 0.475 e. The molecule has 2 aromatic heterocycles. The summed E-state index contributed by atoms with van der Waals surface area (Å²) in [5, 5.41) is 26.2. The van der Waals surface area contributed by atoms with Gasteiger partial charge in [0.15, 0.2) is 0 Å². The topological polar surface area (TPSA) is 109 Å². The molecule has 0 unspecified atom stereocenters. The SMILES string of the molecule is Cc1nn(C(C)(C)C#N)cc1Nc1ncc(F)c(OC[C@H]2CC[C@H](O)CC2)n1. The molecule has 3 rings (SSSR count). The summed E-state index contributed by atoms with van der Waals surface area (Å²) in [6, 6.07) is 2.19. The van der Waals surface area contributed by atoms with E-state index in [4.69, 9.17) is 4.74 Å². The number of aryl methyl sites for hydroxylation is 1. The number of nitrogens with zero attached hydrogens (tertiary/aromatic N) is 5. The van der Waals surface area contributed by atoms with Crippen molar-refractivity contribution in [1.82, 2.24) is 19.7 Å². The molecule has 0 radical (unpaired) electrons. The third kappa shape index (κ3) is 4.57. The highest BCUT2D eigenvalue weighted by atomic mass is 19.1. The zero-order chi connectivity index (χ0) is 20.3. The molecule has 0 saturated heterocycles. The van der Waals surface area contributed by atoms with Crippen LogP contribution in [-0.4, -0.2) is 37.6 Å². The Kier molecular flexibility index (Phi) is 5.79. The van der Waals surface area contributed by atoms with Gasteiger partial charge in [0.1, 0.15) is 5.54 Å². The van der Waals surface area contributed by atoms with E-state index in [-0.39, 0.29) is 23.9 Å². The van der Waals surface area contributed by atoms with Crippen LogP contribution in [-0.2, 0) is 5.54 Å². The zero-order valence-corrected chi connectivity index (χ0v) is 16.3. The summed E-state index contributed by atoms with van der Waals surface area (Å²) in [4.78, 5) is 8.09. The molecule has 0 bridgehead atoms. The van der Waals surface area contributed by atoms with Gasteiger partial charge >= 0.3 is 0 Å². The number of anilines is 2. The van der Waals surface area contributed by atoms with Crippen molar-refractivity contribution >= 4 is 11.6 Å². The van der Waals surface area contributed by atoms with Crippen molar-refractivity contribution in [3.63, 3.8) is 0 Å². The molecule has 0 atom stereocenters. The van der Waals surface area contributed by atoms with Gasteiger partial charge in [0, 0.05) is 0 Å². The lowest BCUT2D eigenvalue weighted by Crippen LogP contribution is -2.24. The van der Waals surface area contributed by atoms with Crippen molar-refractivity contribution < 1.29 is 14.2 Å². The minimum absolute atomic E-state index is 0.106. The van der Waals surface area contributed by atoms with Gasteiger partial charge in [-0.25, -0.2) is 4.98 Å². The Hall–Kier alpha value is -2.73. The first-order chi connectivity index (χ1) is 13.3. The second-order valence-electron chi connectivity index (χ2n) is 7.70. The molecule has 1 aliphatic rings. The normalized spacial score (nSPS) is 19.9. The third-order valence-corrected chi connectivity index (χ3v) is 4.98. The number of nitriles is 1. The van der Waals surface area contributed by atoms with Crippen LogP contribution in [0.15, 0.2) is 12.4 Å². The molecule has 1 saturated carbocycles. The predicted molar refractivity (Wildman–Crippen MR) is 101 cm³/mol. The molecule has 2 N–H and O–H groups in total. The van der Waals surface area contributed by atoms with Crippen LogP contribution in [0.5, 0.6) is 5.88 Å². The van der Waals surface area contributed by atoms with Crippen LogP contribution in [0.25, 0.3) is 0 Å². The predicted octanol–water partition coefficient (Wildman–Crippen LogP) is 3.05. The van der Waals surface area contributed by atoms with Crippen LogP contribution in [0.4, 0.5) is 16.0 Å². The fourth-order valence-corrected chi connectivity index (χ4v) is 3.06. The van der Waals surface area contributed by atoms with Crippen LogP contribution in [0.1, 0.15) is 45.2 Å².